The summed E-state index contributed by atoms with van der Waals surface area (Å²) in [6, 6.07) is 18.9. The summed E-state index contributed by atoms with van der Waals surface area (Å²) in [4.78, 5) is 18.9. The molecule has 140 valence electrons. The Morgan fingerprint density at radius 1 is 1.04 bits per heavy atom. The van der Waals surface area contributed by atoms with Crippen LogP contribution in [0.1, 0.15) is 15.9 Å². The maximum Gasteiger partial charge on any atom is 0.279 e. The van der Waals surface area contributed by atoms with Gasteiger partial charge in [0.25, 0.3) is 5.91 Å². The van der Waals surface area contributed by atoms with E-state index < -0.39 is 9.84 Å². The molecule has 2 aliphatic heterocycles. The molecule has 0 N–H and O–H groups in total. The maximum atomic E-state index is 12.5. The number of fused-ring (bicyclic) bond motifs is 1. The first-order valence-corrected chi connectivity index (χ1v) is 11.6. The highest BCUT2D eigenvalue weighted by molar-refractivity contribution is 8.15. The van der Waals surface area contributed by atoms with Crippen molar-refractivity contribution in [2.24, 2.45) is 4.99 Å². The summed E-state index contributed by atoms with van der Waals surface area (Å²) in [5.41, 5.74) is 1.72. The summed E-state index contributed by atoms with van der Waals surface area (Å²) < 4.78 is 24.1. The summed E-state index contributed by atoms with van der Waals surface area (Å²) >= 11 is 1.43. The monoisotopic (exact) mass is 400 g/mol. The molecule has 2 fully saturated rings. The lowest BCUT2D eigenvalue weighted by atomic mass is 10.1. The minimum absolute atomic E-state index is 0.0481. The fraction of sp³-hybridized carbons (Fsp3) is 0.300. The molecule has 2 aliphatic rings. The second kappa shape index (κ2) is 7.48. The van der Waals surface area contributed by atoms with Crippen molar-refractivity contribution in [1.82, 2.24) is 4.90 Å². The van der Waals surface area contributed by atoms with Crippen LogP contribution in [-0.4, -0.2) is 53.7 Å². The number of aliphatic imine (C=N–C) groups is 1. The van der Waals surface area contributed by atoms with Gasteiger partial charge < -0.3 is 4.90 Å². The molecule has 2 aromatic carbocycles. The molecule has 2 aromatic rings. The van der Waals surface area contributed by atoms with Gasteiger partial charge in [-0.05, 0) is 24.1 Å². The Bertz CT molecular complexity index is 959. The van der Waals surface area contributed by atoms with E-state index in [4.69, 9.17) is 0 Å². The molecule has 7 heteroatoms. The van der Waals surface area contributed by atoms with Gasteiger partial charge in [0.2, 0.25) is 0 Å². The summed E-state index contributed by atoms with van der Waals surface area (Å²) in [6.07, 6.45) is 0.781. The molecule has 0 unspecified atom stereocenters. The molecule has 0 aromatic heterocycles. The van der Waals surface area contributed by atoms with Crippen molar-refractivity contribution in [3.05, 3.63) is 71.8 Å². The molecule has 2 atom stereocenters. The Kier molecular flexibility index (Phi) is 5.06. The van der Waals surface area contributed by atoms with Gasteiger partial charge in [-0.15, -0.1) is 0 Å². The first-order chi connectivity index (χ1) is 13.0. The van der Waals surface area contributed by atoms with Gasteiger partial charge in [-0.3, -0.25) is 4.79 Å². The molecule has 0 aliphatic carbocycles. The van der Waals surface area contributed by atoms with Crippen molar-refractivity contribution in [1.29, 1.82) is 0 Å². The van der Waals surface area contributed by atoms with Crippen LogP contribution in [0.25, 0.3) is 0 Å². The van der Waals surface area contributed by atoms with Gasteiger partial charge in [0.15, 0.2) is 15.0 Å². The lowest BCUT2D eigenvalue weighted by molar-refractivity contribution is 0.100. The third-order valence-corrected chi connectivity index (χ3v) is 8.12. The van der Waals surface area contributed by atoms with Crippen molar-refractivity contribution in [2.75, 3.05) is 18.1 Å². The summed E-state index contributed by atoms with van der Waals surface area (Å²) in [6.45, 7) is 0.647. The van der Waals surface area contributed by atoms with Crippen LogP contribution < -0.4 is 0 Å². The van der Waals surface area contributed by atoms with Crippen LogP contribution in [0.4, 0.5) is 0 Å². The lowest BCUT2D eigenvalue weighted by Gasteiger charge is -2.24. The van der Waals surface area contributed by atoms with Crippen LogP contribution in [0, 0.1) is 0 Å². The smallest absolute Gasteiger partial charge is 0.279 e. The normalized spacial score (nSPS) is 24.9. The van der Waals surface area contributed by atoms with Crippen LogP contribution in [0.5, 0.6) is 0 Å². The first kappa shape index (κ1) is 18.3. The van der Waals surface area contributed by atoms with E-state index in [1.54, 1.807) is 12.1 Å². The molecule has 27 heavy (non-hydrogen) atoms. The van der Waals surface area contributed by atoms with E-state index in [1.165, 1.54) is 17.3 Å². The number of thioether (sulfide) groups is 1. The summed E-state index contributed by atoms with van der Waals surface area (Å²) in [5, 5.41) is 0.595. The van der Waals surface area contributed by atoms with E-state index in [1.807, 2.05) is 41.3 Å². The molecule has 0 bridgehead atoms. The molecule has 0 radical (unpaired) electrons. The van der Waals surface area contributed by atoms with Crippen molar-refractivity contribution >= 4 is 32.7 Å². The fourth-order valence-corrected chi connectivity index (χ4v) is 7.50. The number of amides is 1. The van der Waals surface area contributed by atoms with E-state index in [0.29, 0.717) is 17.3 Å². The highest BCUT2D eigenvalue weighted by atomic mass is 32.2. The lowest BCUT2D eigenvalue weighted by Crippen LogP contribution is -2.39. The van der Waals surface area contributed by atoms with Gasteiger partial charge in [-0.2, -0.15) is 4.99 Å². The van der Waals surface area contributed by atoms with E-state index in [0.717, 1.165) is 6.42 Å². The van der Waals surface area contributed by atoms with Gasteiger partial charge in [-0.1, -0.05) is 60.3 Å². The van der Waals surface area contributed by atoms with Gasteiger partial charge in [0, 0.05) is 17.4 Å². The molecular weight excluding hydrogens is 380 g/mol. The summed E-state index contributed by atoms with van der Waals surface area (Å²) in [7, 11) is -3.03. The number of nitrogens with zero attached hydrogens (tertiary/aromatic N) is 2. The molecule has 4 rings (SSSR count). The SMILES string of the molecule is O=C(N=C1S[C@H]2CS(=O)(=O)C[C@H]2N1CCc1ccccc1)c1ccccc1. The molecule has 0 spiro atoms. The summed E-state index contributed by atoms with van der Waals surface area (Å²) in [5.74, 6) is 0.00594. The van der Waals surface area contributed by atoms with Crippen molar-refractivity contribution < 1.29 is 13.2 Å². The van der Waals surface area contributed by atoms with Gasteiger partial charge in [0.05, 0.1) is 17.5 Å². The molecule has 1 amide bonds. The zero-order valence-electron chi connectivity index (χ0n) is 14.7. The Morgan fingerprint density at radius 3 is 2.41 bits per heavy atom. The predicted molar refractivity (Wildman–Crippen MR) is 109 cm³/mol. The van der Waals surface area contributed by atoms with E-state index in [-0.39, 0.29) is 28.7 Å². The minimum atomic E-state index is -3.03. The number of hydrogen-bond donors (Lipinski definition) is 0. The molecule has 2 heterocycles. The average molecular weight is 401 g/mol. The largest absolute Gasteiger partial charge is 0.346 e. The molecule has 2 saturated heterocycles. The number of hydrogen-bond acceptors (Lipinski definition) is 4. The number of sulfone groups is 1. The third-order valence-electron chi connectivity index (χ3n) is 4.88. The average Bonchev–Trinajstić information content (AvgIpc) is 3.12. The number of rotatable bonds is 4. The Morgan fingerprint density at radius 2 is 1.70 bits per heavy atom. The zero-order chi connectivity index (χ0) is 18.9. The quantitative estimate of drug-likeness (QED) is 0.789. The Labute approximate surface area is 163 Å². The van der Waals surface area contributed by atoms with Crippen molar-refractivity contribution in [3.8, 4) is 0 Å². The fourth-order valence-electron chi connectivity index (χ4n) is 3.52. The van der Waals surface area contributed by atoms with Gasteiger partial charge in [-0.25, -0.2) is 8.42 Å². The molecule has 5 nitrogen and oxygen atoms in total. The zero-order valence-corrected chi connectivity index (χ0v) is 16.3. The van der Waals surface area contributed by atoms with Crippen LogP contribution >= 0.6 is 11.8 Å². The second-order valence-electron chi connectivity index (χ2n) is 6.80. The third kappa shape index (κ3) is 4.09. The predicted octanol–water partition coefficient (Wildman–Crippen LogP) is 2.64. The topological polar surface area (TPSA) is 66.8 Å². The molecule has 0 saturated carbocycles. The number of benzene rings is 2. The Balaban J connectivity index is 1.57. The number of amidine groups is 1. The highest BCUT2D eigenvalue weighted by Gasteiger charge is 2.48. The standard InChI is InChI=1S/C20H20N2O3S2/c23-19(16-9-5-2-6-10-16)21-20-22(12-11-15-7-3-1-4-8-15)17-13-27(24,25)14-18(17)26-20/h1-10,17-18H,11-14H2/t17-,18+/m1/s1. The van der Waals surface area contributed by atoms with Crippen LogP contribution in [0.3, 0.4) is 0 Å². The van der Waals surface area contributed by atoms with Crippen molar-refractivity contribution in [3.63, 3.8) is 0 Å². The number of carbonyl (C=O) groups excluding carboxylic acids is 1. The highest BCUT2D eigenvalue weighted by Crippen LogP contribution is 2.38. The number of carbonyl (C=O) groups is 1. The van der Waals surface area contributed by atoms with E-state index >= 15 is 0 Å². The molecular formula is C20H20N2O3S2. The first-order valence-electron chi connectivity index (χ1n) is 8.87. The Hall–Kier alpha value is -2.12. The van der Waals surface area contributed by atoms with Crippen molar-refractivity contribution in [2.45, 2.75) is 17.7 Å². The van der Waals surface area contributed by atoms with E-state index in [9.17, 15) is 13.2 Å². The van der Waals surface area contributed by atoms with Gasteiger partial charge >= 0.3 is 0 Å². The minimum Gasteiger partial charge on any atom is -0.346 e. The van der Waals surface area contributed by atoms with Gasteiger partial charge in [0.1, 0.15) is 0 Å². The maximum absolute atomic E-state index is 12.5. The van der Waals surface area contributed by atoms with Crippen LogP contribution in [-0.2, 0) is 16.3 Å². The van der Waals surface area contributed by atoms with Crippen LogP contribution in [0.15, 0.2) is 65.7 Å². The second-order valence-corrected chi connectivity index (χ2v) is 10.2. The van der Waals surface area contributed by atoms with E-state index in [2.05, 4.69) is 17.1 Å². The van der Waals surface area contributed by atoms with Crippen LogP contribution in [0.2, 0.25) is 0 Å².